The first-order chi connectivity index (χ1) is 21.1. The van der Waals surface area contributed by atoms with Gasteiger partial charge in [0.1, 0.15) is 9.88 Å². The molecule has 44 heavy (non-hydrogen) atoms. The van der Waals surface area contributed by atoms with Crippen LogP contribution >= 0.6 is 11.3 Å². The second kappa shape index (κ2) is 13.8. The third kappa shape index (κ3) is 8.15. The fraction of sp³-hybridized carbons (Fsp3) is 0.407. The molecular weight excluding hydrogens is 581 g/mol. The van der Waals surface area contributed by atoms with Crippen LogP contribution in [0.3, 0.4) is 0 Å². The van der Waals surface area contributed by atoms with Crippen LogP contribution in [-0.4, -0.2) is 113 Å². The van der Waals surface area contributed by atoms with Crippen molar-refractivity contribution in [2.45, 2.75) is 18.1 Å². The molecule has 6 radical (unpaired) electrons. The smallest absolute Gasteiger partial charge is 0.272 e. The number of amides is 3. The summed E-state index contributed by atoms with van der Waals surface area (Å²) in [7, 11) is 18.2. The topological polar surface area (TPSA) is 160 Å². The number of hydrogen-bond donors (Lipinski definition) is 4. The predicted octanol–water partition coefficient (Wildman–Crippen LogP) is 0.609. The minimum Gasteiger partial charge on any atom is -0.494 e. The van der Waals surface area contributed by atoms with E-state index in [0.29, 0.717) is 46.6 Å². The van der Waals surface area contributed by atoms with Gasteiger partial charge in [-0.2, -0.15) is 0 Å². The number of carbonyl (C=O) groups excluding carboxylic acids is 3. The minimum atomic E-state index is -2.01. The molecule has 0 spiro atoms. The van der Waals surface area contributed by atoms with Crippen molar-refractivity contribution < 1.29 is 23.9 Å². The third-order valence-electron chi connectivity index (χ3n) is 6.80. The molecule has 13 nitrogen and oxygen atoms in total. The number of ether oxygens (including phenoxy) is 2. The summed E-state index contributed by atoms with van der Waals surface area (Å²) in [5.41, 5.74) is 1.04. The zero-order valence-corrected chi connectivity index (χ0v) is 24.9. The molecule has 3 aromatic rings. The van der Waals surface area contributed by atoms with E-state index in [1.165, 1.54) is 30.7 Å². The first-order valence-corrected chi connectivity index (χ1v) is 14.8. The summed E-state index contributed by atoms with van der Waals surface area (Å²) in [4.78, 5) is 45.2. The number of aromatic nitrogens is 3. The Hall–Kier alpha value is -3.95. The number of hydrogen-bond acceptors (Lipinski definition) is 11. The number of thiazole rings is 1. The fourth-order valence-corrected chi connectivity index (χ4v) is 5.31. The largest absolute Gasteiger partial charge is 0.494 e. The summed E-state index contributed by atoms with van der Waals surface area (Å²) < 4.78 is 11.1. The van der Waals surface area contributed by atoms with Crippen molar-refractivity contribution in [1.29, 1.82) is 0 Å². The molecule has 0 bridgehead atoms. The summed E-state index contributed by atoms with van der Waals surface area (Å²) in [6.45, 7) is 4.33. The number of carbonyl (C=O) groups is 3. The molecule has 1 aliphatic carbocycles. The highest BCUT2D eigenvalue weighted by Crippen LogP contribution is 2.40. The van der Waals surface area contributed by atoms with Gasteiger partial charge in [0.15, 0.2) is 17.3 Å². The van der Waals surface area contributed by atoms with E-state index in [9.17, 15) is 14.4 Å². The lowest BCUT2D eigenvalue weighted by Crippen LogP contribution is -2.50. The van der Waals surface area contributed by atoms with Crippen LogP contribution in [0.2, 0.25) is 0 Å². The Bertz CT molecular complexity index is 1530. The molecule has 1 aromatic carbocycles. The SMILES string of the molecule is [B]C([B])([B])NC(=O)c1nnc(NC(=O)C2CC2)cc1Nc1cccc(-c2ncc(C(=O)NCCN3CCOCC3)s2)c1OC. The maximum atomic E-state index is 12.9. The van der Waals surface area contributed by atoms with Crippen molar-refractivity contribution in [3.8, 4) is 16.3 Å². The fourth-order valence-electron chi connectivity index (χ4n) is 4.46. The standard InChI is InChI=1S/C27H29B3N8O5S/c1-42-22-16(26-32-14-19(44-26)24(40)31-7-8-38-9-11-43-12-10-38)3-2-4-17(22)33-18-13-20(34-23(39)15-5-6-15)36-37-21(18)25(41)35-27(28,29)30/h2-4,13-15H,5-12H2,1H3,(H,31,40)(H,35,41)(H2,33,34,36,39). The first kappa shape index (κ1) is 31.5. The molecule has 5 rings (SSSR count). The van der Waals surface area contributed by atoms with Gasteiger partial charge in [0.05, 0.1) is 67.0 Å². The predicted molar refractivity (Wildman–Crippen MR) is 168 cm³/mol. The van der Waals surface area contributed by atoms with Crippen LogP contribution in [-0.2, 0) is 9.53 Å². The molecule has 17 heteroatoms. The number of benzene rings is 1. The number of morpholine rings is 1. The van der Waals surface area contributed by atoms with Crippen LogP contribution in [0, 0.1) is 5.92 Å². The van der Waals surface area contributed by atoms with Gasteiger partial charge in [0.25, 0.3) is 11.8 Å². The van der Waals surface area contributed by atoms with E-state index in [0.717, 1.165) is 32.5 Å². The van der Waals surface area contributed by atoms with E-state index in [1.54, 1.807) is 18.2 Å². The van der Waals surface area contributed by atoms with Crippen molar-refractivity contribution in [2.24, 2.45) is 5.92 Å². The monoisotopic (exact) mass is 610 g/mol. The molecule has 1 saturated heterocycles. The Labute approximate surface area is 262 Å². The van der Waals surface area contributed by atoms with Gasteiger partial charge in [-0.15, -0.1) is 21.5 Å². The van der Waals surface area contributed by atoms with Crippen molar-refractivity contribution in [3.63, 3.8) is 0 Å². The molecule has 2 aromatic heterocycles. The van der Waals surface area contributed by atoms with E-state index < -0.39 is 11.1 Å². The molecule has 2 fully saturated rings. The maximum absolute atomic E-state index is 12.9. The summed E-state index contributed by atoms with van der Waals surface area (Å²) in [6, 6.07) is 6.74. The van der Waals surface area contributed by atoms with Gasteiger partial charge in [-0.25, -0.2) is 4.98 Å². The summed E-state index contributed by atoms with van der Waals surface area (Å²) in [6.07, 6.45) is 3.12. The summed E-state index contributed by atoms with van der Waals surface area (Å²) in [5, 5.41) is 17.5. The summed E-state index contributed by atoms with van der Waals surface area (Å²) >= 11 is 1.22. The van der Waals surface area contributed by atoms with Crippen molar-refractivity contribution in [2.75, 3.05) is 57.1 Å². The molecule has 4 N–H and O–H groups in total. The van der Waals surface area contributed by atoms with Crippen LogP contribution in [0.25, 0.3) is 10.6 Å². The minimum absolute atomic E-state index is 0.0738. The molecule has 3 amide bonds. The van der Waals surface area contributed by atoms with E-state index >= 15 is 0 Å². The number of rotatable bonds is 12. The van der Waals surface area contributed by atoms with Gasteiger partial charge in [0.2, 0.25) is 5.91 Å². The summed E-state index contributed by atoms with van der Waals surface area (Å²) in [5.74, 6) is -0.748. The average molecular weight is 610 g/mol. The maximum Gasteiger partial charge on any atom is 0.272 e. The average Bonchev–Trinajstić information content (AvgIpc) is 3.73. The number of nitrogens with one attached hydrogen (secondary N) is 4. The lowest BCUT2D eigenvalue weighted by molar-refractivity contribution is -0.117. The van der Waals surface area contributed by atoms with Gasteiger partial charge in [-0.05, 0) is 25.0 Å². The molecule has 1 aliphatic heterocycles. The van der Waals surface area contributed by atoms with E-state index in [4.69, 9.17) is 33.0 Å². The zero-order valence-electron chi connectivity index (χ0n) is 24.1. The molecule has 3 heterocycles. The lowest BCUT2D eigenvalue weighted by atomic mass is 9.49. The van der Waals surface area contributed by atoms with Gasteiger partial charge in [-0.3, -0.25) is 19.3 Å². The Balaban J connectivity index is 1.36. The Morgan fingerprint density at radius 1 is 1.11 bits per heavy atom. The quantitative estimate of drug-likeness (QED) is 0.214. The van der Waals surface area contributed by atoms with E-state index in [1.807, 2.05) is 0 Å². The highest BCUT2D eigenvalue weighted by Gasteiger charge is 2.30. The van der Waals surface area contributed by atoms with Crippen molar-refractivity contribution in [1.82, 2.24) is 30.7 Å². The van der Waals surface area contributed by atoms with Crippen LogP contribution in [0.5, 0.6) is 5.75 Å². The highest BCUT2D eigenvalue weighted by atomic mass is 32.1. The highest BCUT2D eigenvalue weighted by molar-refractivity contribution is 7.17. The molecule has 1 saturated carbocycles. The third-order valence-corrected chi connectivity index (χ3v) is 7.83. The number of nitrogens with zero attached hydrogens (tertiary/aromatic N) is 4. The van der Waals surface area contributed by atoms with Crippen LogP contribution in [0.1, 0.15) is 33.0 Å². The molecule has 2 aliphatic rings. The van der Waals surface area contributed by atoms with Crippen molar-refractivity contribution in [3.05, 3.63) is 41.0 Å². The van der Waals surface area contributed by atoms with Gasteiger partial charge < -0.3 is 30.7 Å². The molecule has 222 valence electrons. The Morgan fingerprint density at radius 3 is 2.59 bits per heavy atom. The van der Waals surface area contributed by atoms with Crippen LogP contribution in [0.4, 0.5) is 17.2 Å². The van der Waals surface area contributed by atoms with Crippen LogP contribution < -0.4 is 26.0 Å². The first-order valence-electron chi connectivity index (χ1n) is 14.0. The Morgan fingerprint density at radius 2 is 1.89 bits per heavy atom. The molecule has 0 unspecified atom stereocenters. The second-order valence-electron chi connectivity index (χ2n) is 10.4. The molecular formula is C27H29B3N8O5S. The lowest BCUT2D eigenvalue weighted by Gasteiger charge is -2.26. The van der Waals surface area contributed by atoms with Gasteiger partial charge in [-0.1, -0.05) is 11.3 Å². The van der Waals surface area contributed by atoms with Crippen molar-refractivity contribution >= 4 is 69.8 Å². The van der Waals surface area contributed by atoms with E-state index in [-0.39, 0.29) is 34.9 Å². The van der Waals surface area contributed by atoms with Crippen LogP contribution in [0.15, 0.2) is 30.5 Å². The Kier molecular flexibility index (Phi) is 9.86. The molecule has 0 atom stereocenters. The second-order valence-corrected chi connectivity index (χ2v) is 11.4. The van der Waals surface area contributed by atoms with Gasteiger partial charge in [0, 0.05) is 38.2 Å². The number of methoxy groups -OCH3 is 1. The number of para-hydroxylation sites is 1. The zero-order chi connectivity index (χ0) is 31.3. The normalized spacial score (nSPS) is 15.3. The van der Waals surface area contributed by atoms with E-state index in [2.05, 4.69) is 41.3 Å². The number of anilines is 3. The van der Waals surface area contributed by atoms with Gasteiger partial charge >= 0.3 is 0 Å².